The molecule has 0 radical (unpaired) electrons. The van der Waals surface area contributed by atoms with E-state index in [9.17, 15) is 0 Å². The van der Waals surface area contributed by atoms with Crippen molar-refractivity contribution in [2.24, 2.45) is 0 Å². The van der Waals surface area contributed by atoms with Crippen LogP contribution in [0.2, 0.25) is 0 Å². The highest BCUT2D eigenvalue weighted by Gasteiger charge is 2.34. The normalized spacial score (nSPS) is 17.7. The summed E-state index contributed by atoms with van der Waals surface area (Å²) in [6.45, 7) is 2.91. The molecule has 0 saturated heterocycles. The molecule has 0 fully saturated rings. The summed E-state index contributed by atoms with van der Waals surface area (Å²) in [7, 11) is 2.04. The van der Waals surface area contributed by atoms with Crippen LogP contribution in [-0.2, 0) is 6.42 Å². The fourth-order valence-electron chi connectivity index (χ4n) is 3.25. The zero-order valence-electron chi connectivity index (χ0n) is 12.8. The molecule has 0 heterocycles. The summed E-state index contributed by atoms with van der Waals surface area (Å²) in [5, 5.41) is 3.50. The molecule has 2 heteroatoms. The fraction of sp³-hybridized carbons (Fsp3) is 0.368. The van der Waals surface area contributed by atoms with Crippen LogP contribution in [0.5, 0.6) is 5.75 Å². The number of hydrogen-bond acceptors (Lipinski definition) is 2. The SMILES string of the molecule is CCCOc1ccccc1C(NC)C1Cc2ccccc21. The molecule has 2 nitrogen and oxygen atoms in total. The van der Waals surface area contributed by atoms with E-state index in [2.05, 4.69) is 60.8 Å². The van der Waals surface area contributed by atoms with Crippen molar-refractivity contribution in [3.05, 3.63) is 65.2 Å². The summed E-state index contributed by atoms with van der Waals surface area (Å²) in [6.07, 6.45) is 2.18. The minimum absolute atomic E-state index is 0.313. The van der Waals surface area contributed by atoms with Gasteiger partial charge in [-0.1, -0.05) is 49.4 Å². The molecule has 1 aliphatic carbocycles. The minimum Gasteiger partial charge on any atom is -0.493 e. The van der Waals surface area contributed by atoms with Crippen LogP contribution in [0.1, 0.15) is 42.0 Å². The molecule has 0 aromatic heterocycles. The maximum Gasteiger partial charge on any atom is 0.124 e. The van der Waals surface area contributed by atoms with Gasteiger partial charge in [-0.2, -0.15) is 0 Å². The van der Waals surface area contributed by atoms with Gasteiger partial charge in [-0.3, -0.25) is 0 Å². The maximum absolute atomic E-state index is 5.94. The maximum atomic E-state index is 5.94. The number of benzene rings is 2. The molecular formula is C19H23NO. The molecule has 0 spiro atoms. The van der Waals surface area contributed by atoms with Crippen molar-refractivity contribution in [1.29, 1.82) is 0 Å². The van der Waals surface area contributed by atoms with Gasteiger partial charge in [0.15, 0.2) is 0 Å². The van der Waals surface area contributed by atoms with Gasteiger partial charge in [0.25, 0.3) is 0 Å². The molecule has 0 saturated carbocycles. The first-order valence-electron chi connectivity index (χ1n) is 7.82. The number of fused-ring (bicyclic) bond motifs is 1. The second kappa shape index (κ2) is 6.31. The van der Waals surface area contributed by atoms with E-state index < -0.39 is 0 Å². The van der Waals surface area contributed by atoms with Gasteiger partial charge in [-0.05, 0) is 37.1 Å². The Morgan fingerprint density at radius 2 is 1.90 bits per heavy atom. The van der Waals surface area contributed by atoms with Gasteiger partial charge in [0, 0.05) is 17.5 Å². The number of para-hydroxylation sites is 1. The molecule has 21 heavy (non-hydrogen) atoms. The van der Waals surface area contributed by atoms with Crippen LogP contribution in [0.15, 0.2) is 48.5 Å². The van der Waals surface area contributed by atoms with E-state index in [1.165, 1.54) is 16.7 Å². The van der Waals surface area contributed by atoms with Crippen LogP contribution < -0.4 is 10.1 Å². The van der Waals surface area contributed by atoms with E-state index in [4.69, 9.17) is 4.74 Å². The first-order valence-corrected chi connectivity index (χ1v) is 7.82. The van der Waals surface area contributed by atoms with Crippen molar-refractivity contribution >= 4 is 0 Å². The predicted molar refractivity (Wildman–Crippen MR) is 86.9 cm³/mol. The van der Waals surface area contributed by atoms with E-state index >= 15 is 0 Å². The van der Waals surface area contributed by atoms with Crippen molar-refractivity contribution in [1.82, 2.24) is 5.32 Å². The Balaban J connectivity index is 1.88. The third kappa shape index (κ3) is 2.68. The quantitative estimate of drug-likeness (QED) is 0.861. The molecule has 2 aromatic rings. The highest BCUT2D eigenvalue weighted by atomic mass is 16.5. The van der Waals surface area contributed by atoms with E-state index in [0.717, 1.165) is 25.2 Å². The average Bonchev–Trinajstić information content (AvgIpc) is 2.51. The lowest BCUT2D eigenvalue weighted by Crippen LogP contribution is -2.31. The number of rotatable bonds is 6. The van der Waals surface area contributed by atoms with Crippen molar-refractivity contribution in [3.8, 4) is 5.75 Å². The summed E-state index contributed by atoms with van der Waals surface area (Å²) in [5.41, 5.74) is 4.23. The molecule has 110 valence electrons. The van der Waals surface area contributed by atoms with Crippen molar-refractivity contribution in [3.63, 3.8) is 0 Å². The summed E-state index contributed by atoms with van der Waals surface area (Å²) in [5.74, 6) is 1.56. The Bertz CT molecular complexity index is 608. The molecule has 3 rings (SSSR count). The Hall–Kier alpha value is -1.80. The van der Waals surface area contributed by atoms with Crippen LogP contribution in [0.25, 0.3) is 0 Å². The molecule has 2 unspecified atom stereocenters. The van der Waals surface area contributed by atoms with Gasteiger partial charge >= 0.3 is 0 Å². The second-order valence-electron chi connectivity index (χ2n) is 5.66. The lowest BCUT2D eigenvalue weighted by molar-refractivity contribution is 0.306. The zero-order chi connectivity index (χ0) is 14.7. The van der Waals surface area contributed by atoms with Gasteiger partial charge in [-0.25, -0.2) is 0 Å². The fourth-order valence-corrected chi connectivity index (χ4v) is 3.25. The molecule has 0 amide bonds. The van der Waals surface area contributed by atoms with Crippen LogP contribution in [0, 0.1) is 0 Å². The number of hydrogen-bond donors (Lipinski definition) is 1. The van der Waals surface area contributed by atoms with E-state index in [1.807, 2.05) is 7.05 Å². The van der Waals surface area contributed by atoms with Crippen LogP contribution in [-0.4, -0.2) is 13.7 Å². The topological polar surface area (TPSA) is 21.3 Å². The van der Waals surface area contributed by atoms with Gasteiger partial charge in [0.2, 0.25) is 0 Å². The predicted octanol–water partition coefficient (Wildman–Crippen LogP) is 4.08. The van der Waals surface area contributed by atoms with Crippen molar-refractivity contribution in [2.75, 3.05) is 13.7 Å². The summed E-state index contributed by atoms with van der Waals surface area (Å²) < 4.78 is 5.94. The Kier molecular flexibility index (Phi) is 4.26. The third-order valence-electron chi connectivity index (χ3n) is 4.32. The molecule has 0 bridgehead atoms. The van der Waals surface area contributed by atoms with Crippen LogP contribution in [0.3, 0.4) is 0 Å². The highest BCUT2D eigenvalue weighted by molar-refractivity contribution is 5.46. The first-order chi connectivity index (χ1) is 10.3. The van der Waals surface area contributed by atoms with Gasteiger partial charge in [0.1, 0.15) is 5.75 Å². The van der Waals surface area contributed by atoms with Gasteiger partial charge < -0.3 is 10.1 Å². The Morgan fingerprint density at radius 1 is 1.14 bits per heavy atom. The minimum atomic E-state index is 0.313. The Labute approximate surface area is 127 Å². The van der Waals surface area contributed by atoms with Crippen LogP contribution in [0.4, 0.5) is 0 Å². The number of ether oxygens (including phenoxy) is 1. The van der Waals surface area contributed by atoms with Crippen LogP contribution >= 0.6 is 0 Å². The highest BCUT2D eigenvalue weighted by Crippen LogP contribution is 2.45. The third-order valence-corrected chi connectivity index (χ3v) is 4.32. The zero-order valence-corrected chi connectivity index (χ0v) is 12.8. The standard InChI is InChI=1S/C19H23NO/c1-3-12-21-18-11-7-6-10-16(18)19(20-2)17-13-14-8-4-5-9-15(14)17/h4-11,17,19-20H,3,12-13H2,1-2H3. The lowest BCUT2D eigenvalue weighted by atomic mass is 9.71. The van der Waals surface area contributed by atoms with Crippen molar-refractivity contribution < 1.29 is 4.74 Å². The van der Waals surface area contributed by atoms with E-state index in [1.54, 1.807) is 0 Å². The number of nitrogens with one attached hydrogen (secondary N) is 1. The average molecular weight is 281 g/mol. The lowest BCUT2D eigenvalue weighted by Gasteiger charge is -2.37. The summed E-state index contributed by atoms with van der Waals surface area (Å²) in [6, 6.07) is 17.5. The van der Waals surface area contributed by atoms with E-state index in [-0.39, 0.29) is 0 Å². The Morgan fingerprint density at radius 3 is 2.67 bits per heavy atom. The molecule has 2 atom stereocenters. The first kappa shape index (κ1) is 14.2. The van der Waals surface area contributed by atoms with E-state index in [0.29, 0.717) is 12.0 Å². The number of likely N-dealkylation sites (N-methyl/N-ethyl adjacent to an activating group) is 1. The van der Waals surface area contributed by atoms with Gasteiger partial charge in [-0.15, -0.1) is 0 Å². The largest absolute Gasteiger partial charge is 0.493 e. The van der Waals surface area contributed by atoms with Crippen molar-refractivity contribution in [2.45, 2.75) is 31.7 Å². The van der Waals surface area contributed by atoms with Gasteiger partial charge in [0.05, 0.1) is 6.61 Å². The molecular weight excluding hydrogens is 258 g/mol. The second-order valence-corrected chi connectivity index (χ2v) is 5.66. The monoisotopic (exact) mass is 281 g/mol. The smallest absolute Gasteiger partial charge is 0.124 e. The summed E-state index contributed by atoms with van der Waals surface area (Å²) in [4.78, 5) is 0. The molecule has 0 aliphatic heterocycles. The summed E-state index contributed by atoms with van der Waals surface area (Å²) >= 11 is 0. The molecule has 1 N–H and O–H groups in total. The molecule has 1 aliphatic rings. The molecule has 2 aromatic carbocycles.